The lowest BCUT2D eigenvalue weighted by molar-refractivity contribution is 0.0730. The van der Waals surface area contributed by atoms with E-state index in [-0.39, 0.29) is 46.2 Å². The number of H-pyrrole nitrogens is 1. The number of aromatic amines is 1. The second-order valence-corrected chi connectivity index (χ2v) is 9.67. The molecule has 1 aliphatic heterocycles. The van der Waals surface area contributed by atoms with Gasteiger partial charge in [0.15, 0.2) is 17.1 Å². The van der Waals surface area contributed by atoms with E-state index in [9.17, 15) is 18.0 Å². The zero-order chi connectivity index (χ0) is 23.9. The van der Waals surface area contributed by atoms with Gasteiger partial charge in [-0.05, 0) is 36.4 Å². The Morgan fingerprint density at radius 3 is 2.62 bits per heavy atom. The monoisotopic (exact) mass is 505 g/mol. The summed E-state index contributed by atoms with van der Waals surface area (Å²) >= 11 is 6.05. The molecule has 1 fully saturated rings. The highest BCUT2D eigenvalue weighted by atomic mass is 35.5. The minimum absolute atomic E-state index is 0.00602. The van der Waals surface area contributed by atoms with Gasteiger partial charge in [-0.25, -0.2) is 13.2 Å². The molecule has 0 radical (unpaired) electrons. The smallest absolute Gasteiger partial charge is 0.379 e. The minimum Gasteiger partial charge on any atom is -0.379 e. The van der Waals surface area contributed by atoms with Crippen LogP contribution in [0.2, 0.25) is 5.02 Å². The topological polar surface area (TPSA) is 161 Å². The second kappa shape index (κ2) is 8.68. The van der Waals surface area contributed by atoms with Crippen LogP contribution in [0.5, 0.6) is 0 Å². The van der Waals surface area contributed by atoms with Crippen molar-refractivity contribution in [2.24, 2.45) is 0 Å². The zero-order valence-corrected chi connectivity index (χ0v) is 18.9. The molecule has 0 aliphatic carbocycles. The summed E-state index contributed by atoms with van der Waals surface area (Å²) in [5.74, 6) is -1.38. The highest BCUT2D eigenvalue weighted by Crippen LogP contribution is 2.30. The number of hydrogen-bond donors (Lipinski definition) is 2. The van der Waals surface area contributed by atoms with Crippen LogP contribution in [0.3, 0.4) is 0 Å². The average molecular weight is 506 g/mol. The lowest BCUT2D eigenvalue weighted by Crippen LogP contribution is -2.40. The summed E-state index contributed by atoms with van der Waals surface area (Å²) in [6.07, 6.45) is 0. The maximum atomic E-state index is 13.1. The van der Waals surface area contributed by atoms with Crippen molar-refractivity contribution in [1.82, 2.24) is 19.6 Å². The molecule has 0 bridgehead atoms. The number of nitrogens with zero attached hydrogens (tertiary/aromatic N) is 3. The standard InChI is InChI=1S/C20H16ClN5O7S/c21-11-1-3-15(13(9-11)18-23-20(28)33-25-18)22-19(27)17-14-10-12(2-4-16(14)32-24-17)34(29,30)26-5-7-31-8-6-26/h1-4,9-10H,5-8H2,(H,22,27)(H,23,25,28). The van der Waals surface area contributed by atoms with Crippen molar-refractivity contribution in [3.05, 3.63) is 57.7 Å². The molecule has 2 aromatic heterocycles. The van der Waals surface area contributed by atoms with E-state index in [0.29, 0.717) is 23.8 Å². The molecule has 0 spiro atoms. The maximum absolute atomic E-state index is 13.1. The van der Waals surface area contributed by atoms with Crippen LogP contribution in [0.25, 0.3) is 22.4 Å². The zero-order valence-electron chi connectivity index (χ0n) is 17.3. The van der Waals surface area contributed by atoms with Gasteiger partial charge in [0.25, 0.3) is 5.91 Å². The predicted octanol–water partition coefficient (Wildman–Crippen LogP) is 2.10. The first-order chi connectivity index (χ1) is 16.3. The van der Waals surface area contributed by atoms with Gasteiger partial charge >= 0.3 is 5.76 Å². The fourth-order valence-corrected chi connectivity index (χ4v) is 5.13. The summed E-state index contributed by atoms with van der Waals surface area (Å²) in [6.45, 7) is 1.09. The first kappa shape index (κ1) is 22.3. The van der Waals surface area contributed by atoms with Crippen molar-refractivity contribution >= 4 is 44.2 Å². The molecule has 0 saturated carbocycles. The van der Waals surface area contributed by atoms with E-state index in [0.717, 1.165) is 0 Å². The van der Waals surface area contributed by atoms with E-state index in [1.165, 1.54) is 40.7 Å². The van der Waals surface area contributed by atoms with Crippen molar-refractivity contribution in [3.8, 4) is 11.4 Å². The molecule has 3 heterocycles. The summed E-state index contributed by atoms with van der Waals surface area (Å²) in [6, 6.07) is 8.73. The van der Waals surface area contributed by atoms with Crippen LogP contribution in [0, 0.1) is 0 Å². The van der Waals surface area contributed by atoms with E-state index in [1.54, 1.807) is 0 Å². The largest absolute Gasteiger partial charge is 0.439 e. The summed E-state index contributed by atoms with van der Waals surface area (Å²) < 4.78 is 42.3. The Labute approximate surface area is 196 Å². The number of rotatable bonds is 5. The van der Waals surface area contributed by atoms with Gasteiger partial charge in [0.2, 0.25) is 10.0 Å². The molecule has 2 aromatic carbocycles. The van der Waals surface area contributed by atoms with E-state index in [4.69, 9.17) is 20.9 Å². The van der Waals surface area contributed by atoms with Crippen LogP contribution in [-0.4, -0.2) is 60.2 Å². The van der Waals surface area contributed by atoms with Crippen molar-refractivity contribution in [1.29, 1.82) is 0 Å². The maximum Gasteiger partial charge on any atom is 0.439 e. The number of halogens is 1. The Kier molecular flexibility index (Phi) is 5.69. The van der Waals surface area contributed by atoms with Gasteiger partial charge in [-0.2, -0.15) is 4.31 Å². The molecule has 176 valence electrons. The summed E-state index contributed by atoms with van der Waals surface area (Å²) in [7, 11) is -3.79. The lowest BCUT2D eigenvalue weighted by Gasteiger charge is -2.26. The minimum atomic E-state index is -3.79. The summed E-state index contributed by atoms with van der Waals surface area (Å²) in [5, 5.41) is 10.7. The number of nitrogens with one attached hydrogen (secondary N) is 2. The highest BCUT2D eigenvalue weighted by molar-refractivity contribution is 7.89. The first-order valence-electron chi connectivity index (χ1n) is 9.97. The third-order valence-corrected chi connectivity index (χ3v) is 7.32. The van der Waals surface area contributed by atoms with Crippen LogP contribution in [0.1, 0.15) is 10.5 Å². The molecule has 0 unspecified atom stereocenters. The Morgan fingerprint density at radius 1 is 1.09 bits per heavy atom. The number of benzene rings is 2. The van der Waals surface area contributed by atoms with Gasteiger partial charge in [0.1, 0.15) is 0 Å². The van der Waals surface area contributed by atoms with Crippen molar-refractivity contribution in [2.75, 3.05) is 31.6 Å². The van der Waals surface area contributed by atoms with Gasteiger partial charge in [-0.15, -0.1) is 0 Å². The van der Waals surface area contributed by atoms with E-state index < -0.39 is 21.7 Å². The third-order valence-electron chi connectivity index (χ3n) is 5.19. The Morgan fingerprint density at radius 2 is 1.88 bits per heavy atom. The molecular weight excluding hydrogens is 490 g/mol. The molecule has 1 saturated heterocycles. The van der Waals surface area contributed by atoms with Gasteiger partial charge < -0.3 is 14.6 Å². The fourth-order valence-electron chi connectivity index (χ4n) is 3.53. The van der Waals surface area contributed by atoms with Gasteiger partial charge in [0, 0.05) is 23.7 Å². The molecule has 0 atom stereocenters. The predicted molar refractivity (Wildman–Crippen MR) is 119 cm³/mol. The number of anilines is 1. The number of fused-ring (bicyclic) bond motifs is 1. The van der Waals surface area contributed by atoms with Crippen LogP contribution in [0.4, 0.5) is 5.69 Å². The number of sulfonamides is 1. The number of amides is 1. The molecule has 5 rings (SSSR count). The Hall–Kier alpha value is -3.52. The van der Waals surface area contributed by atoms with Crippen molar-refractivity contribution in [3.63, 3.8) is 0 Å². The van der Waals surface area contributed by atoms with Gasteiger partial charge in [0.05, 0.1) is 29.2 Å². The lowest BCUT2D eigenvalue weighted by atomic mass is 10.1. The van der Waals surface area contributed by atoms with Crippen molar-refractivity contribution in [2.45, 2.75) is 4.90 Å². The number of ether oxygens (including phenoxy) is 1. The molecule has 1 amide bonds. The Balaban J connectivity index is 1.49. The Bertz CT molecular complexity index is 1550. The molecule has 14 heteroatoms. The SMILES string of the molecule is O=C(Nc1ccc(Cl)cc1-c1noc(=O)[nH]1)c1noc2ccc(S(=O)(=O)N3CCOCC3)cc12. The van der Waals surface area contributed by atoms with Crippen molar-refractivity contribution < 1.29 is 27.0 Å². The number of morpholine rings is 1. The van der Waals surface area contributed by atoms with E-state index in [2.05, 4.69) is 25.1 Å². The quantitative estimate of drug-likeness (QED) is 0.413. The fraction of sp³-hybridized carbons (Fsp3) is 0.200. The molecule has 1 aliphatic rings. The van der Waals surface area contributed by atoms with Gasteiger partial charge in [-0.3, -0.25) is 14.3 Å². The number of aromatic nitrogens is 3. The molecule has 2 N–H and O–H groups in total. The van der Waals surface area contributed by atoms with Crippen LogP contribution >= 0.6 is 11.6 Å². The van der Waals surface area contributed by atoms with E-state index in [1.807, 2.05) is 0 Å². The highest BCUT2D eigenvalue weighted by Gasteiger charge is 2.28. The number of carbonyl (C=O) groups excluding carboxylic acids is 1. The third kappa shape index (κ3) is 4.09. The molecular formula is C20H16ClN5O7S. The van der Waals surface area contributed by atoms with Crippen LogP contribution in [0.15, 0.2) is 55.1 Å². The van der Waals surface area contributed by atoms with Crippen LogP contribution < -0.4 is 11.1 Å². The molecule has 12 nitrogen and oxygen atoms in total. The number of carbonyl (C=O) groups is 1. The average Bonchev–Trinajstić information content (AvgIpc) is 3.46. The molecule has 34 heavy (non-hydrogen) atoms. The second-order valence-electron chi connectivity index (χ2n) is 7.29. The normalized spacial score (nSPS) is 15.0. The van der Waals surface area contributed by atoms with Crippen LogP contribution in [-0.2, 0) is 14.8 Å². The van der Waals surface area contributed by atoms with Gasteiger partial charge in [-0.1, -0.05) is 21.9 Å². The molecule has 4 aromatic rings. The van der Waals surface area contributed by atoms with E-state index >= 15 is 0 Å². The summed E-state index contributed by atoms with van der Waals surface area (Å²) in [4.78, 5) is 26.8. The summed E-state index contributed by atoms with van der Waals surface area (Å²) in [5.41, 5.74) is 0.675. The number of hydrogen-bond acceptors (Lipinski definition) is 9. The first-order valence-corrected chi connectivity index (χ1v) is 11.8.